The third-order valence-electron chi connectivity index (χ3n) is 4.65. The standard InChI is InChI=1S/C18H27N3O2/c1-18(2,3)13-7-9-14(10-8-13)21-17(23)16(22)20-12-15-6-4-5-11-19-15/h4-6,11,13-14H,7-10,12H2,1-3H3,(H,20,22)(H,21,23). The van der Waals surface area contributed by atoms with E-state index in [4.69, 9.17) is 0 Å². The zero-order valence-electron chi connectivity index (χ0n) is 14.3. The molecule has 5 nitrogen and oxygen atoms in total. The average molecular weight is 317 g/mol. The van der Waals surface area contributed by atoms with Crippen LogP contribution in [-0.4, -0.2) is 22.8 Å². The molecule has 126 valence electrons. The number of amides is 2. The number of carbonyl (C=O) groups excluding carboxylic acids is 2. The number of aromatic nitrogens is 1. The van der Waals surface area contributed by atoms with E-state index in [1.54, 1.807) is 6.20 Å². The molecule has 0 atom stereocenters. The smallest absolute Gasteiger partial charge is 0.309 e. The maximum Gasteiger partial charge on any atom is 0.309 e. The minimum atomic E-state index is -0.589. The Labute approximate surface area is 138 Å². The first-order chi connectivity index (χ1) is 10.9. The second kappa shape index (κ2) is 7.57. The molecule has 1 aromatic heterocycles. The number of carbonyl (C=O) groups is 2. The predicted molar refractivity (Wildman–Crippen MR) is 89.4 cm³/mol. The fourth-order valence-corrected chi connectivity index (χ4v) is 3.11. The highest BCUT2D eigenvalue weighted by molar-refractivity contribution is 6.35. The monoisotopic (exact) mass is 317 g/mol. The van der Waals surface area contributed by atoms with Gasteiger partial charge in [-0.15, -0.1) is 0 Å². The highest BCUT2D eigenvalue weighted by Crippen LogP contribution is 2.37. The Hall–Kier alpha value is -1.91. The second-order valence-electron chi connectivity index (χ2n) is 7.39. The largest absolute Gasteiger partial charge is 0.345 e. The average Bonchev–Trinajstić information content (AvgIpc) is 2.53. The van der Waals surface area contributed by atoms with Crippen LogP contribution in [0.25, 0.3) is 0 Å². The van der Waals surface area contributed by atoms with Gasteiger partial charge in [0.15, 0.2) is 0 Å². The van der Waals surface area contributed by atoms with E-state index in [2.05, 4.69) is 36.4 Å². The van der Waals surface area contributed by atoms with E-state index in [-0.39, 0.29) is 12.6 Å². The van der Waals surface area contributed by atoms with Gasteiger partial charge >= 0.3 is 11.8 Å². The third-order valence-corrected chi connectivity index (χ3v) is 4.65. The molecule has 1 aliphatic rings. The molecular weight excluding hydrogens is 290 g/mol. The van der Waals surface area contributed by atoms with Gasteiger partial charge in [-0.05, 0) is 49.1 Å². The Balaban J connectivity index is 1.73. The topological polar surface area (TPSA) is 71.1 Å². The summed E-state index contributed by atoms with van der Waals surface area (Å²) in [7, 11) is 0. The van der Waals surface area contributed by atoms with Gasteiger partial charge in [-0.25, -0.2) is 0 Å². The van der Waals surface area contributed by atoms with Crippen LogP contribution in [0.3, 0.4) is 0 Å². The van der Waals surface area contributed by atoms with Crippen molar-refractivity contribution in [2.75, 3.05) is 0 Å². The van der Waals surface area contributed by atoms with Crippen molar-refractivity contribution in [3.05, 3.63) is 30.1 Å². The summed E-state index contributed by atoms with van der Waals surface area (Å²) < 4.78 is 0. The van der Waals surface area contributed by atoms with Crippen molar-refractivity contribution >= 4 is 11.8 Å². The van der Waals surface area contributed by atoms with Crippen LogP contribution in [0.5, 0.6) is 0 Å². The van der Waals surface area contributed by atoms with Gasteiger partial charge in [-0.3, -0.25) is 14.6 Å². The fourth-order valence-electron chi connectivity index (χ4n) is 3.11. The van der Waals surface area contributed by atoms with Gasteiger partial charge in [0.2, 0.25) is 0 Å². The minimum Gasteiger partial charge on any atom is -0.345 e. The molecule has 0 spiro atoms. The molecule has 0 aliphatic heterocycles. The molecule has 1 saturated carbocycles. The number of nitrogens with zero attached hydrogens (tertiary/aromatic N) is 1. The molecule has 1 aliphatic carbocycles. The molecule has 2 N–H and O–H groups in total. The summed E-state index contributed by atoms with van der Waals surface area (Å²) in [4.78, 5) is 27.9. The lowest BCUT2D eigenvalue weighted by Crippen LogP contribution is -2.46. The summed E-state index contributed by atoms with van der Waals surface area (Å²) in [5, 5.41) is 5.46. The number of hydrogen-bond donors (Lipinski definition) is 2. The summed E-state index contributed by atoms with van der Waals surface area (Å²) in [5.74, 6) is -0.442. The Bertz CT molecular complexity index is 529. The summed E-state index contributed by atoms with van der Waals surface area (Å²) in [6, 6.07) is 5.59. The van der Waals surface area contributed by atoms with Crippen LogP contribution < -0.4 is 10.6 Å². The van der Waals surface area contributed by atoms with Gasteiger partial charge in [-0.2, -0.15) is 0 Å². The maximum atomic E-state index is 12.0. The predicted octanol–water partition coefficient (Wildman–Crippen LogP) is 2.42. The maximum absolute atomic E-state index is 12.0. The number of pyridine rings is 1. The van der Waals surface area contributed by atoms with E-state index < -0.39 is 11.8 Å². The van der Waals surface area contributed by atoms with Crippen molar-refractivity contribution in [3.63, 3.8) is 0 Å². The summed E-state index contributed by atoms with van der Waals surface area (Å²) in [5.41, 5.74) is 1.05. The third kappa shape index (κ3) is 5.34. The van der Waals surface area contributed by atoms with Gasteiger partial charge in [0, 0.05) is 12.2 Å². The lowest BCUT2D eigenvalue weighted by Gasteiger charge is -2.37. The van der Waals surface area contributed by atoms with Crippen LogP contribution in [0.2, 0.25) is 0 Å². The van der Waals surface area contributed by atoms with E-state index >= 15 is 0 Å². The minimum absolute atomic E-state index is 0.113. The molecule has 2 amide bonds. The van der Waals surface area contributed by atoms with Crippen molar-refractivity contribution in [2.24, 2.45) is 11.3 Å². The lowest BCUT2D eigenvalue weighted by molar-refractivity contribution is -0.139. The summed E-state index contributed by atoms with van der Waals surface area (Å²) >= 11 is 0. The summed E-state index contributed by atoms with van der Waals surface area (Å²) in [6.45, 7) is 7.06. The molecule has 5 heteroatoms. The Morgan fingerprint density at radius 2 is 1.83 bits per heavy atom. The van der Waals surface area contributed by atoms with Crippen LogP contribution >= 0.6 is 0 Å². The van der Waals surface area contributed by atoms with Crippen molar-refractivity contribution in [3.8, 4) is 0 Å². The molecule has 0 aromatic carbocycles. The second-order valence-corrected chi connectivity index (χ2v) is 7.39. The molecule has 23 heavy (non-hydrogen) atoms. The molecule has 1 aromatic rings. The van der Waals surface area contributed by atoms with Gasteiger partial charge in [-0.1, -0.05) is 26.8 Å². The summed E-state index contributed by atoms with van der Waals surface area (Å²) in [6.07, 6.45) is 5.76. The molecule has 0 radical (unpaired) electrons. The van der Waals surface area contributed by atoms with E-state index in [0.29, 0.717) is 11.3 Å². The molecule has 0 bridgehead atoms. The van der Waals surface area contributed by atoms with E-state index in [1.807, 2.05) is 18.2 Å². The number of hydrogen-bond acceptors (Lipinski definition) is 3. The molecule has 1 fully saturated rings. The van der Waals surface area contributed by atoms with Gasteiger partial charge < -0.3 is 10.6 Å². The highest BCUT2D eigenvalue weighted by Gasteiger charge is 2.30. The number of nitrogens with one attached hydrogen (secondary N) is 2. The Morgan fingerprint density at radius 3 is 2.39 bits per heavy atom. The molecule has 2 rings (SSSR count). The quantitative estimate of drug-likeness (QED) is 0.841. The van der Waals surface area contributed by atoms with Gasteiger partial charge in [0.1, 0.15) is 0 Å². The molecule has 1 heterocycles. The molecular formula is C18H27N3O2. The first-order valence-electron chi connectivity index (χ1n) is 8.35. The lowest BCUT2D eigenvalue weighted by atomic mass is 9.71. The van der Waals surface area contributed by atoms with Crippen LogP contribution in [0, 0.1) is 11.3 Å². The first-order valence-corrected chi connectivity index (χ1v) is 8.35. The first kappa shape index (κ1) is 17.4. The van der Waals surface area contributed by atoms with Crippen LogP contribution in [-0.2, 0) is 16.1 Å². The van der Waals surface area contributed by atoms with Crippen LogP contribution in [0.1, 0.15) is 52.1 Å². The van der Waals surface area contributed by atoms with E-state index in [0.717, 1.165) is 31.4 Å². The Kier molecular flexibility index (Phi) is 5.74. The van der Waals surface area contributed by atoms with Crippen LogP contribution in [0.4, 0.5) is 0 Å². The van der Waals surface area contributed by atoms with Crippen molar-refractivity contribution in [1.82, 2.24) is 15.6 Å². The van der Waals surface area contributed by atoms with E-state index in [9.17, 15) is 9.59 Å². The molecule has 0 unspecified atom stereocenters. The zero-order chi connectivity index (χ0) is 16.9. The molecule has 0 saturated heterocycles. The van der Waals surface area contributed by atoms with Crippen molar-refractivity contribution in [2.45, 2.75) is 59.0 Å². The van der Waals surface area contributed by atoms with Crippen molar-refractivity contribution in [1.29, 1.82) is 0 Å². The van der Waals surface area contributed by atoms with Gasteiger partial charge in [0.25, 0.3) is 0 Å². The number of rotatable bonds is 3. The highest BCUT2D eigenvalue weighted by atomic mass is 16.2. The van der Waals surface area contributed by atoms with Crippen LogP contribution in [0.15, 0.2) is 24.4 Å². The Morgan fingerprint density at radius 1 is 1.13 bits per heavy atom. The SMILES string of the molecule is CC(C)(C)C1CCC(NC(=O)C(=O)NCc2ccccn2)CC1. The van der Waals surface area contributed by atoms with E-state index in [1.165, 1.54) is 0 Å². The normalized spacial score (nSPS) is 21.5. The van der Waals surface area contributed by atoms with Gasteiger partial charge in [0.05, 0.1) is 12.2 Å². The zero-order valence-corrected chi connectivity index (χ0v) is 14.3. The fraction of sp³-hybridized carbons (Fsp3) is 0.611. The van der Waals surface area contributed by atoms with Crippen molar-refractivity contribution < 1.29 is 9.59 Å².